The van der Waals surface area contributed by atoms with Crippen LogP contribution in [0, 0.1) is 0 Å². The molecule has 2 heterocycles. The SMILES string of the molecule is COC(=O)C1=C(c2nn3cccc3c(=O)[nH]2)CCC1. The van der Waals surface area contributed by atoms with Crippen molar-refractivity contribution in [3.8, 4) is 0 Å². The number of carbonyl (C=O) groups excluding carboxylic acids is 1. The molecule has 0 atom stereocenters. The first-order valence-corrected chi connectivity index (χ1v) is 6.09. The van der Waals surface area contributed by atoms with Crippen molar-refractivity contribution in [2.24, 2.45) is 0 Å². The average Bonchev–Trinajstić information content (AvgIpc) is 3.05. The molecule has 1 aliphatic rings. The van der Waals surface area contributed by atoms with Crippen LogP contribution in [0.25, 0.3) is 11.1 Å². The Labute approximate surface area is 108 Å². The van der Waals surface area contributed by atoms with Crippen LogP contribution < -0.4 is 5.56 Å². The van der Waals surface area contributed by atoms with Crippen LogP contribution in [0.2, 0.25) is 0 Å². The Hall–Kier alpha value is -2.37. The summed E-state index contributed by atoms with van der Waals surface area (Å²) in [4.78, 5) is 26.3. The van der Waals surface area contributed by atoms with E-state index in [0.29, 0.717) is 23.3 Å². The Balaban J connectivity index is 2.18. The van der Waals surface area contributed by atoms with Gasteiger partial charge >= 0.3 is 5.97 Å². The standard InChI is InChI=1S/C13H13N3O3/c1-19-13(18)9-5-2-4-8(9)11-14-12(17)10-6-3-7-16(10)15-11/h3,6-7H,2,4-5H2,1H3,(H,14,15,17). The number of allylic oxidation sites excluding steroid dienone is 1. The number of hydrogen-bond donors (Lipinski definition) is 1. The van der Waals surface area contributed by atoms with Crippen LogP contribution in [0.15, 0.2) is 28.7 Å². The summed E-state index contributed by atoms with van der Waals surface area (Å²) in [6.07, 6.45) is 3.96. The van der Waals surface area contributed by atoms with Crippen LogP contribution in [0.1, 0.15) is 25.1 Å². The van der Waals surface area contributed by atoms with Crippen molar-refractivity contribution in [1.29, 1.82) is 0 Å². The third-order valence-electron chi connectivity index (χ3n) is 3.34. The second kappa shape index (κ2) is 4.38. The molecule has 0 saturated carbocycles. The summed E-state index contributed by atoms with van der Waals surface area (Å²) < 4.78 is 6.29. The Morgan fingerprint density at radius 2 is 2.32 bits per heavy atom. The molecule has 1 aliphatic carbocycles. The Morgan fingerprint density at radius 1 is 1.47 bits per heavy atom. The third-order valence-corrected chi connectivity index (χ3v) is 3.34. The van der Waals surface area contributed by atoms with Crippen molar-refractivity contribution in [1.82, 2.24) is 14.6 Å². The number of rotatable bonds is 2. The first-order chi connectivity index (χ1) is 9.20. The summed E-state index contributed by atoms with van der Waals surface area (Å²) in [7, 11) is 1.36. The maximum atomic E-state index is 11.9. The van der Waals surface area contributed by atoms with Crippen molar-refractivity contribution in [2.45, 2.75) is 19.3 Å². The van der Waals surface area contributed by atoms with Crippen LogP contribution in [0.4, 0.5) is 0 Å². The van der Waals surface area contributed by atoms with Crippen LogP contribution in [0.3, 0.4) is 0 Å². The van der Waals surface area contributed by atoms with Gasteiger partial charge in [-0.3, -0.25) is 4.79 Å². The van der Waals surface area contributed by atoms with E-state index in [1.165, 1.54) is 11.6 Å². The molecule has 6 nitrogen and oxygen atoms in total. The zero-order valence-electron chi connectivity index (χ0n) is 10.5. The van der Waals surface area contributed by atoms with Crippen molar-refractivity contribution in [2.75, 3.05) is 7.11 Å². The fourth-order valence-corrected chi connectivity index (χ4v) is 2.43. The molecule has 98 valence electrons. The number of aromatic nitrogens is 3. The number of nitrogens with one attached hydrogen (secondary N) is 1. The minimum absolute atomic E-state index is 0.210. The molecule has 0 amide bonds. The number of fused-ring (bicyclic) bond motifs is 1. The van der Waals surface area contributed by atoms with Gasteiger partial charge in [0.25, 0.3) is 5.56 Å². The molecule has 0 bridgehead atoms. The molecule has 0 spiro atoms. The van der Waals surface area contributed by atoms with Crippen molar-refractivity contribution in [3.05, 3.63) is 40.1 Å². The van der Waals surface area contributed by atoms with E-state index >= 15 is 0 Å². The van der Waals surface area contributed by atoms with E-state index in [1.807, 2.05) is 0 Å². The number of ether oxygens (including phenoxy) is 1. The molecule has 0 fully saturated rings. The molecule has 6 heteroatoms. The fourth-order valence-electron chi connectivity index (χ4n) is 2.43. The minimum Gasteiger partial charge on any atom is -0.466 e. The van der Waals surface area contributed by atoms with Gasteiger partial charge in [-0.1, -0.05) is 0 Å². The quantitative estimate of drug-likeness (QED) is 0.820. The summed E-state index contributed by atoms with van der Waals surface area (Å²) in [5.74, 6) is 0.106. The van der Waals surface area contributed by atoms with Crippen LogP contribution >= 0.6 is 0 Å². The lowest BCUT2D eigenvalue weighted by Gasteiger charge is -2.05. The van der Waals surface area contributed by atoms with E-state index in [4.69, 9.17) is 4.74 Å². The number of esters is 1. The zero-order valence-corrected chi connectivity index (χ0v) is 10.5. The van der Waals surface area contributed by atoms with Gasteiger partial charge in [-0.05, 0) is 31.4 Å². The van der Waals surface area contributed by atoms with E-state index in [2.05, 4.69) is 10.1 Å². The molecule has 0 aliphatic heterocycles. The van der Waals surface area contributed by atoms with Crippen LogP contribution in [0.5, 0.6) is 0 Å². The average molecular weight is 259 g/mol. The highest BCUT2D eigenvalue weighted by Gasteiger charge is 2.24. The number of aromatic amines is 1. The molecular formula is C13H13N3O3. The lowest BCUT2D eigenvalue weighted by Crippen LogP contribution is -2.16. The largest absolute Gasteiger partial charge is 0.466 e. The van der Waals surface area contributed by atoms with Gasteiger partial charge in [0, 0.05) is 17.3 Å². The molecule has 1 N–H and O–H groups in total. The van der Waals surface area contributed by atoms with E-state index in [1.54, 1.807) is 18.3 Å². The predicted octanol–water partition coefficient (Wildman–Crippen LogP) is 1.13. The number of H-pyrrole nitrogens is 1. The van der Waals surface area contributed by atoms with Crippen LogP contribution in [-0.2, 0) is 9.53 Å². The monoisotopic (exact) mass is 259 g/mol. The maximum absolute atomic E-state index is 11.9. The summed E-state index contributed by atoms with van der Waals surface area (Å²) in [6, 6.07) is 3.45. The highest BCUT2D eigenvalue weighted by atomic mass is 16.5. The molecule has 0 radical (unpaired) electrons. The molecule has 2 aromatic rings. The lowest BCUT2D eigenvalue weighted by atomic mass is 10.1. The van der Waals surface area contributed by atoms with E-state index in [0.717, 1.165) is 18.4 Å². The van der Waals surface area contributed by atoms with E-state index in [9.17, 15) is 9.59 Å². The number of hydrogen-bond acceptors (Lipinski definition) is 4. The number of nitrogens with zero attached hydrogens (tertiary/aromatic N) is 2. The van der Waals surface area contributed by atoms with Gasteiger partial charge in [-0.25, -0.2) is 9.31 Å². The summed E-state index contributed by atoms with van der Waals surface area (Å²) in [5.41, 5.74) is 1.66. The van der Waals surface area contributed by atoms with Gasteiger partial charge in [0.2, 0.25) is 0 Å². The topological polar surface area (TPSA) is 76.5 Å². The normalized spacial score (nSPS) is 15.2. The highest BCUT2D eigenvalue weighted by molar-refractivity contribution is 5.97. The van der Waals surface area contributed by atoms with Gasteiger partial charge in [0.1, 0.15) is 5.52 Å². The second-order valence-electron chi connectivity index (χ2n) is 4.44. The number of methoxy groups -OCH3 is 1. The summed E-state index contributed by atoms with van der Waals surface area (Å²) in [5, 5.41) is 4.34. The van der Waals surface area contributed by atoms with Gasteiger partial charge < -0.3 is 9.72 Å². The van der Waals surface area contributed by atoms with Gasteiger partial charge in [-0.15, -0.1) is 5.10 Å². The third kappa shape index (κ3) is 1.85. The van der Waals surface area contributed by atoms with E-state index in [-0.39, 0.29) is 11.5 Å². The summed E-state index contributed by atoms with van der Waals surface area (Å²) >= 11 is 0. The predicted molar refractivity (Wildman–Crippen MR) is 68.6 cm³/mol. The molecule has 19 heavy (non-hydrogen) atoms. The van der Waals surface area contributed by atoms with Gasteiger partial charge in [0.15, 0.2) is 5.82 Å². The lowest BCUT2D eigenvalue weighted by molar-refractivity contribution is -0.136. The number of carbonyl (C=O) groups is 1. The van der Waals surface area contributed by atoms with Gasteiger partial charge in [-0.2, -0.15) is 0 Å². The van der Waals surface area contributed by atoms with Crippen molar-refractivity contribution in [3.63, 3.8) is 0 Å². The molecular weight excluding hydrogens is 246 g/mol. The second-order valence-corrected chi connectivity index (χ2v) is 4.44. The first-order valence-electron chi connectivity index (χ1n) is 6.09. The van der Waals surface area contributed by atoms with Gasteiger partial charge in [0.05, 0.1) is 7.11 Å². The molecule has 3 rings (SSSR count). The molecule has 0 unspecified atom stereocenters. The fraction of sp³-hybridized carbons (Fsp3) is 0.308. The Morgan fingerprint density at radius 3 is 3.11 bits per heavy atom. The smallest absolute Gasteiger partial charge is 0.334 e. The first kappa shape index (κ1) is 11.7. The van der Waals surface area contributed by atoms with Crippen molar-refractivity contribution < 1.29 is 9.53 Å². The molecule has 0 saturated heterocycles. The van der Waals surface area contributed by atoms with Crippen LogP contribution in [-0.4, -0.2) is 27.7 Å². The maximum Gasteiger partial charge on any atom is 0.334 e. The minimum atomic E-state index is -0.345. The zero-order chi connectivity index (χ0) is 13.4. The Bertz CT molecular complexity index is 739. The summed E-state index contributed by atoms with van der Waals surface area (Å²) in [6.45, 7) is 0. The molecule has 0 aromatic carbocycles. The Kier molecular flexibility index (Phi) is 2.70. The highest BCUT2D eigenvalue weighted by Crippen LogP contribution is 2.32. The van der Waals surface area contributed by atoms with E-state index < -0.39 is 0 Å². The molecule has 2 aromatic heterocycles. The van der Waals surface area contributed by atoms with Crippen molar-refractivity contribution >= 4 is 17.1 Å².